The van der Waals surface area contributed by atoms with Crippen molar-refractivity contribution in [2.45, 2.75) is 13.3 Å². The molecule has 0 aliphatic rings. The third kappa shape index (κ3) is 2.65. The topological polar surface area (TPSA) is 59.3 Å². The summed E-state index contributed by atoms with van der Waals surface area (Å²) in [6, 6.07) is 6.09. The lowest BCUT2D eigenvalue weighted by atomic mass is 10.2. The van der Waals surface area contributed by atoms with E-state index in [1.54, 1.807) is 22.7 Å². The number of anilines is 1. The second-order valence-corrected chi connectivity index (χ2v) is 5.09. The summed E-state index contributed by atoms with van der Waals surface area (Å²) >= 11 is 5.99. The number of aromatic nitrogens is 3. The summed E-state index contributed by atoms with van der Waals surface area (Å²) in [5.41, 5.74) is 1.69. The van der Waals surface area contributed by atoms with Gasteiger partial charge in [0.05, 0.1) is 16.9 Å². The minimum Gasteiger partial charge on any atom is -0.305 e. The summed E-state index contributed by atoms with van der Waals surface area (Å²) in [5.74, 6) is -0.565. The molecule has 1 N–H and O–H groups in total. The minimum absolute atomic E-state index is 0.269. The van der Waals surface area contributed by atoms with E-state index in [9.17, 15) is 9.18 Å². The van der Waals surface area contributed by atoms with Crippen molar-refractivity contribution in [1.29, 1.82) is 0 Å². The number of halogens is 2. The molecule has 0 radical (unpaired) electrons. The van der Waals surface area contributed by atoms with Gasteiger partial charge in [-0.2, -0.15) is 0 Å². The summed E-state index contributed by atoms with van der Waals surface area (Å²) in [7, 11) is 0. The molecule has 0 aliphatic carbocycles. The van der Waals surface area contributed by atoms with E-state index in [0.717, 1.165) is 6.20 Å². The fourth-order valence-electron chi connectivity index (χ4n) is 2.18. The van der Waals surface area contributed by atoms with Crippen LogP contribution in [0, 0.1) is 5.82 Å². The summed E-state index contributed by atoms with van der Waals surface area (Å²) < 4.78 is 14.5. The molecular weight excluding hydrogens is 307 g/mol. The summed E-state index contributed by atoms with van der Waals surface area (Å²) in [4.78, 5) is 20.7. The van der Waals surface area contributed by atoms with Crippen LogP contribution in [0.15, 0.2) is 36.7 Å². The molecule has 7 heteroatoms. The number of nitrogens with zero attached hydrogens (tertiary/aromatic N) is 3. The molecule has 0 saturated carbocycles. The number of pyridine rings is 2. The van der Waals surface area contributed by atoms with E-state index in [2.05, 4.69) is 15.3 Å². The number of amides is 1. The Hall–Kier alpha value is -2.47. The summed E-state index contributed by atoms with van der Waals surface area (Å²) in [6.45, 7) is 1.91. The van der Waals surface area contributed by atoms with Crippen molar-refractivity contribution in [3.05, 3.63) is 58.9 Å². The second-order valence-electron chi connectivity index (χ2n) is 4.65. The smallest absolute Gasteiger partial charge is 0.275 e. The molecule has 0 atom stereocenters. The van der Waals surface area contributed by atoms with Gasteiger partial charge in [-0.25, -0.2) is 14.4 Å². The molecule has 0 aliphatic heterocycles. The van der Waals surface area contributed by atoms with Crippen molar-refractivity contribution in [2.24, 2.45) is 0 Å². The van der Waals surface area contributed by atoms with E-state index < -0.39 is 5.82 Å². The monoisotopic (exact) mass is 318 g/mol. The lowest BCUT2D eigenvalue weighted by molar-refractivity contribution is 0.102. The van der Waals surface area contributed by atoms with Gasteiger partial charge >= 0.3 is 0 Å². The molecule has 0 bridgehead atoms. The van der Waals surface area contributed by atoms with Crippen LogP contribution in [0.2, 0.25) is 5.02 Å². The van der Waals surface area contributed by atoms with Crippen LogP contribution in [0.3, 0.4) is 0 Å². The van der Waals surface area contributed by atoms with Gasteiger partial charge in [-0.05, 0) is 30.7 Å². The van der Waals surface area contributed by atoms with Crippen molar-refractivity contribution in [3.8, 4) is 0 Å². The summed E-state index contributed by atoms with van der Waals surface area (Å²) in [5, 5.41) is 3.14. The van der Waals surface area contributed by atoms with Gasteiger partial charge in [-0.15, -0.1) is 0 Å². The highest BCUT2D eigenvalue weighted by molar-refractivity contribution is 6.30. The van der Waals surface area contributed by atoms with E-state index in [1.165, 1.54) is 12.1 Å². The van der Waals surface area contributed by atoms with Crippen LogP contribution in [0.1, 0.15) is 23.1 Å². The number of fused-ring (bicyclic) bond motifs is 1. The van der Waals surface area contributed by atoms with Gasteiger partial charge in [0.15, 0.2) is 0 Å². The molecule has 112 valence electrons. The van der Waals surface area contributed by atoms with Gasteiger partial charge in [0.25, 0.3) is 5.91 Å². The first-order chi connectivity index (χ1) is 10.6. The molecule has 0 fully saturated rings. The quantitative estimate of drug-likeness (QED) is 0.805. The molecule has 0 spiro atoms. The van der Waals surface area contributed by atoms with Gasteiger partial charge in [0.2, 0.25) is 0 Å². The molecular formula is C15H12ClFN4O. The molecule has 3 heterocycles. The van der Waals surface area contributed by atoms with E-state index in [-0.39, 0.29) is 11.7 Å². The Morgan fingerprint density at radius 2 is 2.18 bits per heavy atom. The van der Waals surface area contributed by atoms with Crippen molar-refractivity contribution < 1.29 is 9.18 Å². The molecule has 0 saturated heterocycles. The van der Waals surface area contributed by atoms with Crippen molar-refractivity contribution in [2.75, 3.05) is 5.32 Å². The number of carbonyl (C=O) groups excluding carboxylic acids is 1. The normalized spacial score (nSPS) is 10.9. The number of aryl methyl sites for hydroxylation is 1. The number of hydrogen-bond acceptors (Lipinski definition) is 3. The van der Waals surface area contributed by atoms with Crippen molar-refractivity contribution in [3.63, 3.8) is 0 Å². The maximum atomic E-state index is 12.9. The van der Waals surface area contributed by atoms with Crippen LogP contribution in [0.5, 0.6) is 0 Å². The Morgan fingerprint density at radius 1 is 1.36 bits per heavy atom. The molecule has 0 unspecified atom stereocenters. The predicted molar refractivity (Wildman–Crippen MR) is 81.7 cm³/mol. The second kappa shape index (κ2) is 5.73. The number of rotatable bonds is 3. The third-order valence-electron chi connectivity index (χ3n) is 3.17. The Bertz CT molecular complexity index is 845. The molecule has 3 aromatic rings. The Kier molecular flexibility index (Phi) is 3.77. The van der Waals surface area contributed by atoms with E-state index in [1.807, 2.05) is 6.92 Å². The van der Waals surface area contributed by atoms with Crippen LogP contribution < -0.4 is 5.32 Å². The van der Waals surface area contributed by atoms with Crippen molar-refractivity contribution >= 4 is 29.0 Å². The predicted octanol–water partition coefficient (Wildman–Crippen LogP) is 3.34. The average molecular weight is 319 g/mol. The maximum absolute atomic E-state index is 12.9. The first-order valence-electron chi connectivity index (χ1n) is 6.68. The SMILES string of the molecule is CCc1nc2ccc(Cl)cn2c1C(=O)Nc1ccc(F)cn1. The highest BCUT2D eigenvalue weighted by Gasteiger charge is 2.18. The van der Waals surface area contributed by atoms with E-state index in [4.69, 9.17) is 11.6 Å². The summed E-state index contributed by atoms with van der Waals surface area (Å²) in [6.07, 6.45) is 3.27. The van der Waals surface area contributed by atoms with Crippen molar-refractivity contribution in [1.82, 2.24) is 14.4 Å². The molecule has 3 rings (SSSR count). The van der Waals surface area contributed by atoms with E-state index >= 15 is 0 Å². The first-order valence-corrected chi connectivity index (χ1v) is 7.05. The fraction of sp³-hybridized carbons (Fsp3) is 0.133. The fourth-order valence-corrected chi connectivity index (χ4v) is 2.34. The Morgan fingerprint density at radius 3 is 2.86 bits per heavy atom. The molecule has 5 nitrogen and oxygen atoms in total. The average Bonchev–Trinajstić information content (AvgIpc) is 2.87. The van der Waals surface area contributed by atoms with Gasteiger partial charge in [-0.1, -0.05) is 18.5 Å². The standard InChI is InChI=1S/C15H12ClFN4O/c1-2-11-14(21-8-9(16)3-6-13(21)19-11)15(22)20-12-5-4-10(17)7-18-12/h3-8H,2H2,1H3,(H,18,20,22). The van der Waals surface area contributed by atoms with Crippen LogP contribution in [-0.2, 0) is 6.42 Å². The van der Waals surface area contributed by atoms with Crippen LogP contribution in [-0.4, -0.2) is 20.3 Å². The Balaban J connectivity index is 2.02. The number of nitrogens with one attached hydrogen (secondary N) is 1. The van der Waals surface area contributed by atoms with Gasteiger partial charge in [0, 0.05) is 6.20 Å². The van der Waals surface area contributed by atoms with Gasteiger partial charge in [-0.3, -0.25) is 9.20 Å². The molecule has 3 aromatic heterocycles. The van der Waals surface area contributed by atoms with Gasteiger partial charge < -0.3 is 5.32 Å². The number of imidazole rings is 1. The zero-order valence-electron chi connectivity index (χ0n) is 11.7. The molecule has 22 heavy (non-hydrogen) atoms. The van der Waals surface area contributed by atoms with E-state index in [0.29, 0.717) is 28.5 Å². The largest absolute Gasteiger partial charge is 0.305 e. The van der Waals surface area contributed by atoms with Crippen LogP contribution in [0.25, 0.3) is 5.65 Å². The highest BCUT2D eigenvalue weighted by Crippen LogP contribution is 2.18. The number of hydrogen-bond donors (Lipinski definition) is 1. The first kappa shape index (κ1) is 14.5. The lowest BCUT2D eigenvalue weighted by Crippen LogP contribution is -2.17. The Labute approximate surface area is 130 Å². The van der Waals surface area contributed by atoms with Gasteiger partial charge in [0.1, 0.15) is 23.0 Å². The zero-order valence-corrected chi connectivity index (χ0v) is 12.4. The van der Waals surface area contributed by atoms with Crippen LogP contribution >= 0.6 is 11.6 Å². The zero-order chi connectivity index (χ0) is 15.7. The third-order valence-corrected chi connectivity index (χ3v) is 3.40. The maximum Gasteiger partial charge on any atom is 0.275 e. The lowest BCUT2D eigenvalue weighted by Gasteiger charge is -2.06. The molecule has 1 amide bonds. The molecule has 0 aromatic carbocycles. The van der Waals surface area contributed by atoms with Crippen LogP contribution in [0.4, 0.5) is 10.2 Å². The number of carbonyl (C=O) groups is 1. The minimum atomic E-state index is -0.464. The highest BCUT2D eigenvalue weighted by atomic mass is 35.5.